The van der Waals surface area contributed by atoms with Gasteiger partial charge in [-0.1, -0.05) is 6.07 Å². The Balaban J connectivity index is 2.46. The average molecular weight is 294 g/mol. The Morgan fingerprint density at radius 3 is 2.67 bits per heavy atom. The topological polar surface area (TPSA) is 61.2 Å². The van der Waals surface area contributed by atoms with Gasteiger partial charge in [0.25, 0.3) is 5.56 Å². The summed E-state index contributed by atoms with van der Waals surface area (Å²) in [5.74, 6) is -2.43. The van der Waals surface area contributed by atoms with Crippen molar-refractivity contribution < 1.29 is 18.3 Å². The van der Waals surface area contributed by atoms with Crippen LogP contribution in [0.1, 0.15) is 21.7 Å². The van der Waals surface area contributed by atoms with Gasteiger partial charge in [-0.2, -0.15) is 0 Å². The smallest absolute Gasteiger partial charge is 0.345 e. The number of ether oxygens (including phenoxy) is 1. The summed E-state index contributed by atoms with van der Waals surface area (Å²) < 4.78 is 31.8. The Bertz CT molecular complexity index is 756. The van der Waals surface area contributed by atoms with Gasteiger partial charge in [0.15, 0.2) is 11.6 Å². The van der Waals surface area contributed by atoms with Crippen molar-refractivity contribution >= 4 is 5.97 Å². The molecule has 2 rings (SSSR count). The van der Waals surface area contributed by atoms with Crippen molar-refractivity contribution in [2.45, 2.75) is 13.5 Å². The van der Waals surface area contributed by atoms with Crippen molar-refractivity contribution in [3.8, 4) is 0 Å². The van der Waals surface area contributed by atoms with Gasteiger partial charge < -0.3 is 4.74 Å². The van der Waals surface area contributed by atoms with E-state index in [4.69, 9.17) is 0 Å². The van der Waals surface area contributed by atoms with E-state index in [9.17, 15) is 18.4 Å². The Labute approximate surface area is 118 Å². The van der Waals surface area contributed by atoms with E-state index >= 15 is 0 Å². The third-order valence-corrected chi connectivity index (χ3v) is 2.98. The lowest BCUT2D eigenvalue weighted by atomic mass is 10.2. The fraction of sp³-hybridized carbons (Fsp3) is 0.214. The van der Waals surface area contributed by atoms with Gasteiger partial charge in [-0.05, 0) is 24.6 Å². The maximum Gasteiger partial charge on any atom is 0.345 e. The van der Waals surface area contributed by atoms with Crippen LogP contribution in [0.2, 0.25) is 0 Å². The molecule has 0 amide bonds. The maximum atomic E-state index is 13.2. The zero-order chi connectivity index (χ0) is 15.6. The lowest BCUT2D eigenvalue weighted by molar-refractivity contribution is 0.0597. The highest BCUT2D eigenvalue weighted by molar-refractivity contribution is 5.88. The Hall–Kier alpha value is -2.57. The third kappa shape index (κ3) is 2.96. The fourth-order valence-electron chi connectivity index (χ4n) is 1.83. The van der Waals surface area contributed by atoms with Crippen LogP contribution in [0.15, 0.2) is 29.2 Å². The van der Waals surface area contributed by atoms with E-state index in [0.29, 0.717) is 11.4 Å². The number of nitrogens with zero attached hydrogens (tertiary/aromatic N) is 2. The molecule has 2 aromatic rings. The molecule has 7 heteroatoms. The average Bonchev–Trinajstić information content (AvgIpc) is 2.46. The van der Waals surface area contributed by atoms with Crippen LogP contribution in [0.25, 0.3) is 0 Å². The number of carbonyl (C=O) groups excluding carboxylic acids is 1. The van der Waals surface area contributed by atoms with Gasteiger partial charge in [0.05, 0.1) is 13.7 Å². The standard InChI is InChI=1S/C14H12F2N2O3/c1-8-17-6-10(14(20)21-2)13(19)18(8)7-9-3-4-11(15)12(16)5-9/h3-6H,7H2,1-2H3. The van der Waals surface area contributed by atoms with Gasteiger partial charge >= 0.3 is 5.97 Å². The van der Waals surface area contributed by atoms with Crippen LogP contribution >= 0.6 is 0 Å². The number of benzene rings is 1. The van der Waals surface area contributed by atoms with Crippen molar-refractivity contribution in [1.82, 2.24) is 9.55 Å². The minimum absolute atomic E-state index is 0.0281. The summed E-state index contributed by atoms with van der Waals surface area (Å²) in [5.41, 5.74) is -0.437. The third-order valence-electron chi connectivity index (χ3n) is 2.98. The van der Waals surface area contributed by atoms with Gasteiger partial charge in [0, 0.05) is 6.20 Å². The number of rotatable bonds is 3. The molecule has 5 nitrogen and oxygen atoms in total. The quantitative estimate of drug-likeness (QED) is 0.808. The number of esters is 1. The summed E-state index contributed by atoms with van der Waals surface area (Å²) in [6, 6.07) is 3.32. The van der Waals surface area contributed by atoms with Gasteiger partial charge in [-0.25, -0.2) is 18.6 Å². The molecule has 0 aliphatic rings. The zero-order valence-electron chi connectivity index (χ0n) is 11.4. The summed E-state index contributed by atoms with van der Waals surface area (Å²) in [6.45, 7) is 1.54. The highest BCUT2D eigenvalue weighted by Crippen LogP contribution is 2.10. The fourth-order valence-corrected chi connectivity index (χ4v) is 1.83. The van der Waals surface area contributed by atoms with Gasteiger partial charge in [0.1, 0.15) is 11.4 Å². The number of halogens is 2. The number of aromatic nitrogens is 2. The molecule has 0 N–H and O–H groups in total. The number of aryl methyl sites for hydroxylation is 1. The summed E-state index contributed by atoms with van der Waals surface area (Å²) in [5, 5.41) is 0. The number of hydrogen-bond donors (Lipinski definition) is 0. The van der Waals surface area contributed by atoms with Crippen LogP contribution in [0, 0.1) is 18.6 Å². The molecule has 0 bridgehead atoms. The van der Waals surface area contributed by atoms with Crippen LogP contribution in [0.3, 0.4) is 0 Å². The minimum atomic E-state index is -1.00. The Morgan fingerprint density at radius 1 is 1.33 bits per heavy atom. The molecule has 0 spiro atoms. The SMILES string of the molecule is COC(=O)c1cnc(C)n(Cc2ccc(F)c(F)c2)c1=O. The first-order chi connectivity index (χ1) is 9.93. The normalized spacial score (nSPS) is 10.5. The van der Waals surface area contributed by atoms with E-state index in [1.165, 1.54) is 10.6 Å². The van der Waals surface area contributed by atoms with Gasteiger partial charge in [-0.15, -0.1) is 0 Å². The first-order valence-corrected chi connectivity index (χ1v) is 6.02. The summed E-state index contributed by atoms with van der Waals surface area (Å²) in [7, 11) is 1.15. The molecular weight excluding hydrogens is 282 g/mol. The van der Waals surface area contributed by atoms with Crippen molar-refractivity contribution in [2.75, 3.05) is 7.11 Å². The molecule has 0 unspecified atom stereocenters. The molecule has 21 heavy (non-hydrogen) atoms. The van der Waals surface area contributed by atoms with Crippen molar-refractivity contribution in [1.29, 1.82) is 0 Å². The molecule has 0 saturated carbocycles. The number of carbonyl (C=O) groups is 1. The van der Waals surface area contributed by atoms with Crippen molar-refractivity contribution in [3.63, 3.8) is 0 Å². The molecule has 1 heterocycles. The van der Waals surface area contributed by atoms with Crippen LogP contribution in [-0.2, 0) is 11.3 Å². The second kappa shape index (κ2) is 5.82. The highest BCUT2D eigenvalue weighted by atomic mass is 19.2. The lowest BCUT2D eigenvalue weighted by Gasteiger charge is -2.10. The molecule has 0 aliphatic carbocycles. The summed E-state index contributed by atoms with van der Waals surface area (Å²) in [6.07, 6.45) is 1.13. The molecule has 0 fully saturated rings. The largest absolute Gasteiger partial charge is 0.465 e. The number of hydrogen-bond acceptors (Lipinski definition) is 4. The van der Waals surface area contributed by atoms with E-state index in [1.54, 1.807) is 6.92 Å². The zero-order valence-corrected chi connectivity index (χ0v) is 11.4. The predicted octanol–water partition coefficient (Wildman–Crippen LogP) is 1.66. The maximum absolute atomic E-state index is 13.2. The summed E-state index contributed by atoms with van der Waals surface area (Å²) in [4.78, 5) is 27.6. The Morgan fingerprint density at radius 2 is 2.05 bits per heavy atom. The molecule has 0 aliphatic heterocycles. The summed E-state index contributed by atoms with van der Waals surface area (Å²) >= 11 is 0. The van der Waals surface area contributed by atoms with Crippen LogP contribution in [0.4, 0.5) is 8.78 Å². The monoisotopic (exact) mass is 294 g/mol. The van der Waals surface area contributed by atoms with Gasteiger partial charge in [0.2, 0.25) is 0 Å². The van der Waals surface area contributed by atoms with E-state index in [0.717, 1.165) is 25.4 Å². The van der Waals surface area contributed by atoms with Crippen LogP contribution in [0.5, 0.6) is 0 Å². The van der Waals surface area contributed by atoms with Gasteiger partial charge in [-0.3, -0.25) is 9.36 Å². The molecule has 0 atom stereocenters. The van der Waals surface area contributed by atoms with E-state index < -0.39 is 23.2 Å². The first-order valence-electron chi connectivity index (χ1n) is 6.02. The Kier molecular flexibility index (Phi) is 4.11. The van der Waals surface area contributed by atoms with E-state index in [-0.39, 0.29) is 12.1 Å². The minimum Gasteiger partial charge on any atom is -0.465 e. The number of methoxy groups -OCH3 is 1. The molecule has 1 aromatic carbocycles. The predicted molar refractivity (Wildman–Crippen MR) is 70.0 cm³/mol. The van der Waals surface area contributed by atoms with E-state index in [1.807, 2.05) is 0 Å². The van der Waals surface area contributed by atoms with Crippen LogP contribution < -0.4 is 5.56 Å². The lowest BCUT2D eigenvalue weighted by Crippen LogP contribution is -2.30. The van der Waals surface area contributed by atoms with Crippen LogP contribution in [-0.4, -0.2) is 22.6 Å². The van der Waals surface area contributed by atoms with Crippen molar-refractivity contribution in [3.05, 3.63) is 63.3 Å². The van der Waals surface area contributed by atoms with E-state index in [2.05, 4.69) is 9.72 Å². The molecule has 0 saturated heterocycles. The second-order valence-corrected chi connectivity index (χ2v) is 4.35. The molecule has 0 radical (unpaired) electrons. The highest BCUT2D eigenvalue weighted by Gasteiger charge is 2.15. The van der Waals surface area contributed by atoms with Crippen molar-refractivity contribution in [2.24, 2.45) is 0 Å². The second-order valence-electron chi connectivity index (χ2n) is 4.35. The molecular formula is C14H12F2N2O3. The molecule has 1 aromatic heterocycles. The first kappa shape index (κ1) is 14.8. The molecule has 110 valence electrons.